The zero-order chi connectivity index (χ0) is 14.8. The van der Waals surface area contributed by atoms with Crippen LogP contribution in [0.3, 0.4) is 0 Å². The Bertz CT molecular complexity index is 593. The summed E-state index contributed by atoms with van der Waals surface area (Å²) in [6, 6.07) is 2.62. The lowest BCUT2D eigenvalue weighted by molar-refractivity contribution is -0.140. The van der Waals surface area contributed by atoms with E-state index in [1.54, 1.807) is 0 Å². The van der Waals surface area contributed by atoms with Crippen LogP contribution in [-0.4, -0.2) is 26.8 Å². The topological polar surface area (TPSA) is 55.6 Å². The molecule has 0 aliphatic heterocycles. The van der Waals surface area contributed by atoms with Gasteiger partial charge < -0.3 is 5.32 Å². The van der Waals surface area contributed by atoms with Crippen molar-refractivity contribution in [2.24, 2.45) is 0 Å². The number of tetrazole rings is 1. The van der Waals surface area contributed by atoms with Crippen molar-refractivity contribution in [1.82, 2.24) is 25.5 Å². The van der Waals surface area contributed by atoms with Crippen LogP contribution in [-0.2, 0) is 12.7 Å². The van der Waals surface area contributed by atoms with Crippen LogP contribution in [0.1, 0.15) is 18.3 Å². The van der Waals surface area contributed by atoms with Crippen molar-refractivity contribution in [2.75, 3.05) is 6.54 Å². The van der Waals surface area contributed by atoms with Gasteiger partial charge in [-0.05, 0) is 35.2 Å². The molecule has 2 aromatic rings. The van der Waals surface area contributed by atoms with Crippen LogP contribution >= 0.6 is 0 Å². The summed E-state index contributed by atoms with van der Waals surface area (Å²) in [6.45, 7) is 2.82. The normalized spacial score (nSPS) is 11.8. The van der Waals surface area contributed by atoms with E-state index in [9.17, 15) is 17.6 Å². The molecule has 0 aliphatic carbocycles. The van der Waals surface area contributed by atoms with Crippen LogP contribution in [0, 0.1) is 5.82 Å². The fraction of sp³-hybridized carbons (Fsp3) is 0.364. The van der Waals surface area contributed by atoms with Gasteiger partial charge in [0.05, 0.1) is 17.8 Å². The molecule has 0 bridgehead atoms. The molecule has 0 radical (unpaired) electrons. The second-order valence-electron chi connectivity index (χ2n) is 3.95. The summed E-state index contributed by atoms with van der Waals surface area (Å²) >= 11 is 0. The van der Waals surface area contributed by atoms with Crippen molar-refractivity contribution >= 4 is 0 Å². The van der Waals surface area contributed by atoms with E-state index < -0.39 is 17.6 Å². The van der Waals surface area contributed by atoms with Gasteiger partial charge in [0.25, 0.3) is 0 Å². The Morgan fingerprint density at radius 2 is 2.05 bits per heavy atom. The Labute approximate surface area is 111 Å². The second-order valence-corrected chi connectivity index (χ2v) is 3.95. The molecule has 0 saturated carbocycles. The molecule has 9 heteroatoms. The van der Waals surface area contributed by atoms with Gasteiger partial charge in [0.2, 0.25) is 0 Å². The third-order valence-corrected chi connectivity index (χ3v) is 2.57. The molecule has 0 atom stereocenters. The van der Waals surface area contributed by atoms with Gasteiger partial charge in [-0.3, -0.25) is 0 Å². The van der Waals surface area contributed by atoms with Crippen molar-refractivity contribution < 1.29 is 17.6 Å². The molecule has 0 fully saturated rings. The van der Waals surface area contributed by atoms with Gasteiger partial charge in [-0.15, -0.1) is 5.10 Å². The average Bonchev–Trinajstić information content (AvgIpc) is 2.84. The molecule has 1 aromatic carbocycles. The van der Waals surface area contributed by atoms with Gasteiger partial charge in [0, 0.05) is 0 Å². The highest BCUT2D eigenvalue weighted by Gasteiger charge is 2.34. The number of aromatic nitrogens is 4. The SMILES string of the molecule is CCNCc1nnnn1-c1ccc(F)c(C(F)(F)F)c1. The van der Waals surface area contributed by atoms with E-state index in [1.165, 1.54) is 6.07 Å². The first-order valence-electron chi connectivity index (χ1n) is 5.78. The van der Waals surface area contributed by atoms with Crippen LogP contribution in [0.5, 0.6) is 0 Å². The average molecular weight is 289 g/mol. The van der Waals surface area contributed by atoms with Crippen molar-refractivity contribution in [2.45, 2.75) is 19.6 Å². The molecule has 20 heavy (non-hydrogen) atoms. The summed E-state index contributed by atoms with van der Waals surface area (Å²) in [5.74, 6) is -0.992. The molecule has 0 saturated heterocycles. The summed E-state index contributed by atoms with van der Waals surface area (Å²) in [5, 5.41) is 13.7. The third-order valence-electron chi connectivity index (χ3n) is 2.57. The zero-order valence-electron chi connectivity index (χ0n) is 10.4. The Kier molecular flexibility index (Phi) is 3.98. The molecule has 1 heterocycles. The lowest BCUT2D eigenvalue weighted by Crippen LogP contribution is -2.17. The Hall–Kier alpha value is -2.03. The van der Waals surface area contributed by atoms with E-state index in [0.29, 0.717) is 25.0 Å². The smallest absolute Gasteiger partial charge is 0.310 e. The van der Waals surface area contributed by atoms with Gasteiger partial charge in [-0.1, -0.05) is 6.92 Å². The van der Waals surface area contributed by atoms with Gasteiger partial charge in [-0.2, -0.15) is 17.9 Å². The predicted molar refractivity (Wildman–Crippen MR) is 61.5 cm³/mol. The molecule has 0 unspecified atom stereocenters. The van der Waals surface area contributed by atoms with E-state index in [-0.39, 0.29) is 5.69 Å². The molecule has 1 N–H and O–H groups in total. The fourth-order valence-electron chi connectivity index (χ4n) is 1.62. The van der Waals surface area contributed by atoms with Crippen LogP contribution in [0.25, 0.3) is 5.69 Å². The number of rotatable bonds is 4. The van der Waals surface area contributed by atoms with Crippen molar-refractivity contribution in [3.05, 3.63) is 35.4 Å². The van der Waals surface area contributed by atoms with E-state index in [2.05, 4.69) is 20.8 Å². The maximum absolute atomic E-state index is 13.2. The quantitative estimate of drug-likeness (QED) is 0.874. The highest BCUT2D eigenvalue weighted by Crippen LogP contribution is 2.32. The Morgan fingerprint density at radius 3 is 2.70 bits per heavy atom. The Morgan fingerprint density at radius 1 is 1.30 bits per heavy atom. The standard InChI is InChI=1S/C11H11F4N5/c1-2-16-6-10-17-18-19-20(10)7-3-4-9(12)8(5-7)11(13,14)15/h3-5,16H,2,6H2,1H3. The highest BCUT2D eigenvalue weighted by atomic mass is 19.4. The van der Waals surface area contributed by atoms with E-state index >= 15 is 0 Å². The van der Waals surface area contributed by atoms with Crippen LogP contribution in [0.2, 0.25) is 0 Å². The molecular formula is C11H11F4N5. The summed E-state index contributed by atoms with van der Waals surface area (Å²) < 4.78 is 52.3. The summed E-state index contributed by atoms with van der Waals surface area (Å²) in [7, 11) is 0. The summed E-state index contributed by atoms with van der Waals surface area (Å²) in [4.78, 5) is 0. The van der Waals surface area contributed by atoms with Crippen LogP contribution in [0.4, 0.5) is 17.6 Å². The minimum atomic E-state index is -4.77. The molecule has 0 spiro atoms. The molecular weight excluding hydrogens is 278 g/mol. The van der Waals surface area contributed by atoms with Crippen LogP contribution in [0.15, 0.2) is 18.2 Å². The third kappa shape index (κ3) is 2.93. The van der Waals surface area contributed by atoms with Gasteiger partial charge in [0.1, 0.15) is 5.82 Å². The zero-order valence-corrected chi connectivity index (χ0v) is 10.4. The Balaban J connectivity index is 2.41. The molecule has 0 amide bonds. The minimum Gasteiger partial charge on any atom is -0.310 e. The number of hydrogen-bond donors (Lipinski definition) is 1. The number of hydrogen-bond acceptors (Lipinski definition) is 4. The van der Waals surface area contributed by atoms with Crippen molar-refractivity contribution in [3.63, 3.8) is 0 Å². The van der Waals surface area contributed by atoms with Gasteiger partial charge in [0.15, 0.2) is 5.82 Å². The largest absolute Gasteiger partial charge is 0.419 e. The first-order valence-corrected chi connectivity index (χ1v) is 5.78. The number of halogens is 4. The maximum Gasteiger partial charge on any atom is 0.419 e. The summed E-state index contributed by atoms with van der Waals surface area (Å²) in [6.07, 6.45) is -4.77. The van der Waals surface area contributed by atoms with Crippen LogP contribution < -0.4 is 5.32 Å². The van der Waals surface area contributed by atoms with E-state index in [0.717, 1.165) is 10.7 Å². The van der Waals surface area contributed by atoms with Crippen molar-refractivity contribution in [1.29, 1.82) is 0 Å². The first-order chi connectivity index (χ1) is 9.43. The fourth-order valence-corrected chi connectivity index (χ4v) is 1.62. The lowest BCUT2D eigenvalue weighted by atomic mass is 10.2. The lowest BCUT2D eigenvalue weighted by Gasteiger charge is -2.10. The second kappa shape index (κ2) is 5.53. The predicted octanol–water partition coefficient (Wildman–Crippen LogP) is 1.93. The monoisotopic (exact) mass is 289 g/mol. The van der Waals surface area contributed by atoms with E-state index in [1.807, 2.05) is 6.92 Å². The van der Waals surface area contributed by atoms with Gasteiger partial charge in [-0.25, -0.2) is 4.39 Å². The number of alkyl halides is 3. The molecule has 2 rings (SSSR count). The van der Waals surface area contributed by atoms with Gasteiger partial charge >= 0.3 is 6.18 Å². The molecule has 0 aliphatic rings. The van der Waals surface area contributed by atoms with Crippen molar-refractivity contribution in [3.8, 4) is 5.69 Å². The number of nitrogens with one attached hydrogen (secondary N) is 1. The molecule has 108 valence electrons. The first kappa shape index (κ1) is 14.4. The maximum atomic E-state index is 13.2. The minimum absolute atomic E-state index is 0.0524. The molecule has 5 nitrogen and oxygen atoms in total. The molecule has 1 aromatic heterocycles. The summed E-state index contributed by atoms with van der Waals surface area (Å²) in [5.41, 5.74) is -1.29. The number of benzene rings is 1. The highest BCUT2D eigenvalue weighted by molar-refractivity contribution is 5.37. The number of nitrogens with zero attached hydrogens (tertiary/aromatic N) is 4. The van der Waals surface area contributed by atoms with E-state index in [4.69, 9.17) is 0 Å².